The van der Waals surface area contributed by atoms with Crippen LogP contribution in [-0.2, 0) is 4.74 Å². The second-order valence-electron chi connectivity index (χ2n) is 3.99. The lowest BCUT2D eigenvalue weighted by molar-refractivity contribution is 0.0470. The predicted octanol–water partition coefficient (Wildman–Crippen LogP) is 1.99. The van der Waals surface area contributed by atoms with Gasteiger partial charge in [0.2, 0.25) is 0 Å². The molecule has 0 amide bonds. The van der Waals surface area contributed by atoms with Crippen LogP contribution >= 0.6 is 0 Å². The second kappa shape index (κ2) is 5.72. The van der Waals surface area contributed by atoms with Crippen LogP contribution in [0.2, 0.25) is 0 Å². The van der Waals surface area contributed by atoms with Crippen LogP contribution in [0, 0.1) is 18.6 Å². The number of carbonyl (C=O) groups is 1. The van der Waals surface area contributed by atoms with Gasteiger partial charge >= 0.3 is 5.97 Å². The number of hydrogen-bond donors (Lipinski definition) is 0. The average Bonchev–Trinajstić information content (AvgIpc) is 2.23. The summed E-state index contributed by atoms with van der Waals surface area (Å²) in [4.78, 5) is 13.3. The molecule has 0 aromatic heterocycles. The second-order valence-corrected chi connectivity index (χ2v) is 3.99. The molecular formula is C12H15F2NO2. The molecule has 3 nitrogen and oxygen atoms in total. The molecule has 1 rings (SSSR count). The lowest BCUT2D eigenvalue weighted by atomic mass is 10.1. The number of esters is 1. The summed E-state index contributed by atoms with van der Waals surface area (Å²) in [6.07, 6.45) is 0. The van der Waals surface area contributed by atoms with Gasteiger partial charge in [0, 0.05) is 6.54 Å². The summed E-state index contributed by atoms with van der Waals surface area (Å²) in [6, 6.07) is 2.34. The first-order valence-electron chi connectivity index (χ1n) is 5.20. The number of nitrogens with zero attached hydrogens (tertiary/aromatic N) is 1. The summed E-state index contributed by atoms with van der Waals surface area (Å²) in [7, 11) is 3.61. The van der Waals surface area contributed by atoms with Crippen molar-refractivity contribution in [2.24, 2.45) is 0 Å². The molecule has 0 spiro atoms. The molecule has 0 saturated heterocycles. The third kappa shape index (κ3) is 3.49. The number of rotatable bonds is 4. The van der Waals surface area contributed by atoms with Crippen LogP contribution < -0.4 is 0 Å². The summed E-state index contributed by atoms with van der Waals surface area (Å²) in [6.45, 7) is 2.06. The molecule has 17 heavy (non-hydrogen) atoms. The van der Waals surface area contributed by atoms with Crippen LogP contribution in [0.15, 0.2) is 12.1 Å². The van der Waals surface area contributed by atoms with Gasteiger partial charge in [-0.05, 0) is 32.6 Å². The Morgan fingerprint density at radius 3 is 2.59 bits per heavy atom. The van der Waals surface area contributed by atoms with E-state index in [-0.39, 0.29) is 12.2 Å². The Labute approximate surface area is 99.0 Å². The van der Waals surface area contributed by atoms with Gasteiger partial charge in [-0.3, -0.25) is 0 Å². The fraction of sp³-hybridized carbons (Fsp3) is 0.417. The number of carbonyl (C=O) groups excluding carboxylic acids is 1. The first kappa shape index (κ1) is 13.6. The Bertz CT molecular complexity index is 419. The van der Waals surface area contributed by atoms with Crippen molar-refractivity contribution in [3.63, 3.8) is 0 Å². The minimum atomic E-state index is -0.967. The van der Waals surface area contributed by atoms with E-state index < -0.39 is 23.2 Å². The van der Waals surface area contributed by atoms with Crippen LogP contribution in [0.25, 0.3) is 0 Å². The largest absolute Gasteiger partial charge is 0.461 e. The summed E-state index contributed by atoms with van der Waals surface area (Å²) < 4.78 is 31.7. The van der Waals surface area contributed by atoms with Crippen molar-refractivity contribution >= 4 is 5.97 Å². The molecule has 0 aliphatic heterocycles. The first-order valence-corrected chi connectivity index (χ1v) is 5.20. The highest BCUT2D eigenvalue weighted by Gasteiger charge is 2.20. The highest BCUT2D eigenvalue weighted by atomic mass is 19.1. The van der Waals surface area contributed by atoms with Crippen molar-refractivity contribution < 1.29 is 18.3 Å². The van der Waals surface area contributed by atoms with Crippen LogP contribution in [0.1, 0.15) is 15.9 Å². The molecule has 5 heteroatoms. The molecule has 0 fully saturated rings. The summed E-state index contributed by atoms with van der Waals surface area (Å²) in [5.74, 6) is -2.73. The van der Waals surface area contributed by atoms with Crippen LogP contribution in [0.4, 0.5) is 8.78 Å². The lowest BCUT2D eigenvalue weighted by Crippen LogP contribution is -2.21. The van der Waals surface area contributed by atoms with Crippen LogP contribution in [-0.4, -0.2) is 38.1 Å². The third-order valence-electron chi connectivity index (χ3n) is 2.26. The maximum absolute atomic E-state index is 13.5. The van der Waals surface area contributed by atoms with Crippen LogP contribution in [0.5, 0.6) is 0 Å². The van der Waals surface area contributed by atoms with Gasteiger partial charge in [0.1, 0.15) is 23.8 Å². The maximum atomic E-state index is 13.5. The normalized spacial score (nSPS) is 10.7. The molecular weight excluding hydrogens is 228 g/mol. The monoisotopic (exact) mass is 243 g/mol. The van der Waals surface area contributed by atoms with E-state index in [2.05, 4.69) is 0 Å². The van der Waals surface area contributed by atoms with Gasteiger partial charge in [-0.15, -0.1) is 0 Å². The van der Waals surface area contributed by atoms with Crippen molar-refractivity contribution in [1.82, 2.24) is 4.90 Å². The van der Waals surface area contributed by atoms with Gasteiger partial charge < -0.3 is 9.64 Å². The molecule has 0 N–H and O–H groups in total. The minimum Gasteiger partial charge on any atom is -0.461 e. The van der Waals surface area contributed by atoms with Crippen molar-refractivity contribution in [2.75, 3.05) is 27.2 Å². The zero-order valence-electron chi connectivity index (χ0n) is 10.1. The molecule has 1 aromatic carbocycles. The van der Waals surface area contributed by atoms with E-state index in [1.165, 1.54) is 13.0 Å². The number of ether oxygens (including phenoxy) is 1. The molecule has 0 aliphatic rings. The zero-order valence-corrected chi connectivity index (χ0v) is 10.1. The Morgan fingerprint density at radius 2 is 2.00 bits per heavy atom. The Kier molecular flexibility index (Phi) is 4.57. The predicted molar refractivity (Wildman–Crippen MR) is 59.9 cm³/mol. The highest BCUT2D eigenvalue weighted by molar-refractivity contribution is 5.90. The fourth-order valence-corrected chi connectivity index (χ4v) is 1.24. The lowest BCUT2D eigenvalue weighted by Gasteiger charge is -2.11. The van der Waals surface area contributed by atoms with E-state index >= 15 is 0 Å². The highest BCUT2D eigenvalue weighted by Crippen LogP contribution is 2.17. The molecule has 0 aliphatic carbocycles. The number of likely N-dealkylation sites (N-methyl/N-ethyl adjacent to an activating group) is 1. The number of aryl methyl sites for hydroxylation is 1. The average molecular weight is 243 g/mol. The Morgan fingerprint density at radius 1 is 1.35 bits per heavy atom. The maximum Gasteiger partial charge on any atom is 0.344 e. The van der Waals surface area contributed by atoms with E-state index in [4.69, 9.17) is 4.74 Å². The van der Waals surface area contributed by atoms with Gasteiger partial charge in [-0.1, -0.05) is 6.07 Å². The molecule has 0 bridgehead atoms. The van der Waals surface area contributed by atoms with Gasteiger partial charge in [0.15, 0.2) is 0 Å². The molecule has 1 aromatic rings. The van der Waals surface area contributed by atoms with Gasteiger partial charge in [0.25, 0.3) is 0 Å². The standard InChI is InChI=1S/C12H15F2NO2/c1-8-4-5-9(13)10(11(8)14)12(16)17-7-6-15(2)3/h4-5H,6-7H2,1-3H3. The topological polar surface area (TPSA) is 29.5 Å². The quantitative estimate of drug-likeness (QED) is 0.757. The molecule has 0 radical (unpaired) electrons. The molecule has 94 valence electrons. The van der Waals surface area contributed by atoms with Gasteiger partial charge in [-0.2, -0.15) is 0 Å². The van der Waals surface area contributed by atoms with E-state index in [9.17, 15) is 13.6 Å². The Balaban J connectivity index is 2.79. The van der Waals surface area contributed by atoms with Gasteiger partial charge in [-0.25, -0.2) is 13.6 Å². The summed E-state index contributed by atoms with van der Waals surface area (Å²) in [5, 5.41) is 0. The number of halogens is 2. The molecule has 0 unspecified atom stereocenters. The van der Waals surface area contributed by atoms with Crippen molar-refractivity contribution in [2.45, 2.75) is 6.92 Å². The zero-order chi connectivity index (χ0) is 13.0. The molecule has 0 atom stereocenters. The third-order valence-corrected chi connectivity index (χ3v) is 2.26. The van der Waals surface area contributed by atoms with E-state index in [1.807, 2.05) is 14.1 Å². The summed E-state index contributed by atoms with van der Waals surface area (Å²) in [5.41, 5.74) is -0.408. The van der Waals surface area contributed by atoms with Crippen LogP contribution in [0.3, 0.4) is 0 Å². The first-order chi connectivity index (χ1) is 7.93. The smallest absolute Gasteiger partial charge is 0.344 e. The van der Waals surface area contributed by atoms with E-state index in [1.54, 1.807) is 4.90 Å². The molecule has 0 heterocycles. The van der Waals surface area contributed by atoms with Gasteiger partial charge in [0.05, 0.1) is 0 Å². The number of benzene rings is 1. The summed E-state index contributed by atoms with van der Waals surface area (Å²) >= 11 is 0. The fourth-order valence-electron chi connectivity index (χ4n) is 1.24. The van der Waals surface area contributed by atoms with E-state index in [0.29, 0.717) is 6.54 Å². The number of hydrogen-bond acceptors (Lipinski definition) is 3. The SMILES string of the molecule is Cc1ccc(F)c(C(=O)OCCN(C)C)c1F. The van der Waals surface area contributed by atoms with E-state index in [0.717, 1.165) is 6.07 Å². The van der Waals surface area contributed by atoms with Crippen molar-refractivity contribution in [1.29, 1.82) is 0 Å². The Hall–Kier alpha value is -1.49. The van der Waals surface area contributed by atoms with Crippen molar-refractivity contribution in [3.8, 4) is 0 Å². The minimum absolute atomic E-state index is 0.0959. The molecule has 0 saturated carbocycles. The van der Waals surface area contributed by atoms with Crippen molar-refractivity contribution in [3.05, 3.63) is 34.9 Å².